The predicted molar refractivity (Wildman–Crippen MR) is 132 cm³/mol. The summed E-state index contributed by atoms with van der Waals surface area (Å²) in [5, 5.41) is 12.9. The molecule has 162 valence electrons. The van der Waals surface area contributed by atoms with Crippen LogP contribution in [0.2, 0.25) is 0 Å². The number of aryl methyl sites for hydroxylation is 2. The van der Waals surface area contributed by atoms with Gasteiger partial charge in [-0.25, -0.2) is 4.98 Å². The monoisotopic (exact) mass is 461 g/mol. The lowest BCUT2D eigenvalue weighted by molar-refractivity contribution is -0.113. The van der Waals surface area contributed by atoms with Crippen LogP contribution >= 0.6 is 23.1 Å². The standard InChI is InChI=1S/C24H23N5OS2/c1-4-13-29-22(19-12-8-9-16(2)14-19)27-28-24(29)31-15-20(30)25-23-26-21(17(3)32-23)18-10-6-5-7-11-18/h4-12,14H,1,13,15H2,2-3H3,(H,25,26,30). The zero-order chi connectivity index (χ0) is 22.5. The number of benzene rings is 2. The lowest BCUT2D eigenvalue weighted by Gasteiger charge is -2.08. The second kappa shape index (κ2) is 9.93. The third kappa shape index (κ3) is 4.98. The van der Waals surface area contributed by atoms with Crippen molar-refractivity contribution in [3.05, 3.63) is 77.7 Å². The zero-order valence-electron chi connectivity index (χ0n) is 17.9. The Labute approximate surface area is 195 Å². The van der Waals surface area contributed by atoms with Crippen LogP contribution in [0.1, 0.15) is 10.4 Å². The first-order valence-corrected chi connectivity index (χ1v) is 11.9. The molecular weight excluding hydrogens is 438 g/mol. The number of nitrogens with zero attached hydrogens (tertiary/aromatic N) is 4. The lowest BCUT2D eigenvalue weighted by Crippen LogP contribution is -2.14. The average Bonchev–Trinajstić information content (AvgIpc) is 3.36. The van der Waals surface area contributed by atoms with E-state index in [-0.39, 0.29) is 11.7 Å². The minimum absolute atomic E-state index is 0.131. The number of nitrogens with one attached hydrogen (secondary N) is 1. The third-order valence-corrected chi connectivity index (χ3v) is 6.58. The van der Waals surface area contributed by atoms with Gasteiger partial charge in [0.2, 0.25) is 5.91 Å². The van der Waals surface area contributed by atoms with Crippen LogP contribution in [0.5, 0.6) is 0 Å². The number of carbonyl (C=O) groups excluding carboxylic acids is 1. The van der Waals surface area contributed by atoms with Gasteiger partial charge in [0.15, 0.2) is 16.1 Å². The Morgan fingerprint density at radius 1 is 1.12 bits per heavy atom. The van der Waals surface area contributed by atoms with E-state index in [4.69, 9.17) is 0 Å². The van der Waals surface area contributed by atoms with E-state index in [0.29, 0.717) is 16.8 Å². The summed E-state index contributed by atoms with van der Waals surface area (Å²) in [5.74, 6) is 0.843. The van der Waals surface area contributed by atoms with Crippen molar-refractivity contribution in [2.75, 3.05) is 11.1 Å². The lowest BCUT2D eigenvalue weighted by atomic mass is 10.1. The first kappa shape index (κ1) is 22.0. The van der Waals surface area contributed by atoms with Crippen molar-refractivity contribution >= 4 is 34.1 Å². The number of hydrogen-bond donors (Lipinski definition) is 1. The molecule has 0 saturated heterocycles. The Morgan fingerprint density at radius 3 is 2.66 bits per heavy atom. The fourth-order valence-corrected chi connectivity index (χ4v) is 4.89. The molecule has 0 fully saturated rings. The van der Waals surface area contributed by atoms with Crippen molar-refractivity contribution in [3.63, 3.8) is 0 Å². The molecule has 0 unspecified atom stereocenters. The van der Waals surface area contributed by atoms with Crippen LogP contribution in [0.3, 0.4) is 0 Å². The number of anilines is 1. The molecule has 2 aromatic carbocycles. The number of hydrogen-bond acceptors (Lipinski definition) is 6. The van der Waals surface area contributed by atoms with E-state index in [1.807, 2.05) is 66.9 Å². The van der Waals surface area contributed by atoms with Gasteiger partial charge in [-0.2, -0.15) is 0 Å². The van der Waals surface area contributed by atoms with E-state index in [1.165, 1.54) is 23.1 Å². The van der Waals surface area contributed by atoms with Crippen LogP contribution in [0.4, 0.5) is 5.13 Å². The third-order valence-electron chi connectivity index (χ3n) is 4.73. The highest BCUT2D eigenvalue weighted by Gasteiger charge is 2.16. The quantitative estimate of drug-likeness (QED) is 0.273. The van der Waals surface area contributed by atoms with E-state index < -0.39 is 0 Å². The molecule has 4 rings (SSSR count). The Hall–Kier alpha value is -3.23. The Kier molecular flexibility index (Phi) is 6.82. The Morgan fingerprint density at radius 2 is 1.91 bits per heavy atom. The van der Waals surface area contributed by atoms with Crippen LogP contribution in [-0.4, -0.2) is 31.4 Å². The number of amides is 1. The molecule has 0 saturated carbocycles. The molecule has 1 N–H and O–H groups in total. The number of aromatic nitrogens is 4. The topological polar surface area (TPSA) is 72.7 Å². The summed E-state index contributed by atoms with van der Waals surface area (Å²) in [4.78, 5) is 18.3. The number of thiazole rings is 1. The van der Waals surface area contributed by atoms with Crippen molar-refractivity contribution in [1.29, 1.82) is 0 Å². The molecule has 0 aliphatic rings. The van der Waals surface area contributed by atoms with Crippen LogP contribution < -0.4 is 5.32 Å². The van der Waals surface area contributed by atoms with Gasteiger partial charge >= 0.3 is 0 Å². The second-order valence-corrected chi connectivity index (χ2v) is 9.35. The first-order chi connectivity index (χ1) is 15.5. The van der Waals surface area contributed by atoms with Gasteiger partial charge < -0.3 is 5.32 Å². The maximum atomic E-state index is 12.6. The largest absolute Gasteiger partial charge is 0.301 e. The van der Waals surface area contributed by atoms with E-state index in [1.54, 1.807) is 6.08 Å². The highest BCUT2D eigenvalue weighted by molar-refractivity contribution is 7.99. The molecule has 2 aromatic heterocycles. The fraction of sp³-hybridized carbons (Fsp3) is 0.167. The van der Waals surface area contributed by atoms with Crippen molar-refractivity contribution in [3.8, 4) is 22.6 Å². The van der Waals surface area contributed by atoms with Gasteiger partial charge in [0.05, 0.1) is 11.4 Å². The van der Waals surface area contributed by atoms with Crippen LogP contribution in [0.15, 0.2) is 72.4 Å². The van der Waals surface area contributed by atoms with Gasteiger partial charge in [-0.15, -0.1) is 28.1 Å². The SMILES string of the molecule is C=CCn1c(SCC(=O)Nc2nc(-c3ccccc3)c(C)s2)nnc1-c1cccc(C)c1. The summed E-state index contributed by atoms with van der Waals surface area (Å²) in [6.07, 6.45) is 1.80. The number of rotatable bonds is 8. The van der Waals surface area contributed by atoms with E-state index >= 15 is 0 Å². The number of carbonyl (C=O) groups is 1. The summed E-state index contributed by atoms with van der Waals surface area (Å²) in [7, 11) is 0. The van der Waals surface area contributed by atoms with Crippen molar-refractivity contribution in [1.82, 2.24) is 19.7 Å². The normalized spacial score (nSPS) is 10.8. The molecule has 0 bridgehead atoms. The van der Waals surface area contributed by atoms with Crippen molar-refractivity contribution in [2.45, 2.75) is 25.5 Å². The van der Waals surface area contributed by atoms with Crippen molar-refractivity contribution in [2.24, 2.45) is 0 Å². The molecule has 0 radical (unpaired) electrons. The maximum Gasteiger partial charge on any atom is 0.236 e. The highest BCUT2D eigenvalue weighted by atomic mass is 32.2. The van der Waals surface area contributed by atoms with Crippen LogP contribution in [-0.2, 0) is 11.3 Å². The molecule has 8 heteroatoms. The minimum atomic E-state index is -0.131. The average molecular weight is 462 g/mol. The fourth-order valence-electron chi connectivity index (χ4n) is 3.29. The molecular formula is C24H23N5OS2. The van der Waals surface area contributed by atoms with Gasteiger partial charge in [-0.1, -0.05) is 71.9 Å². The molecule has 6 nitrogen and oxygen atoms in total. The van der Waals surface area contributed by atoms with E-state index in [0.717, 1.165) is 33.1 Å². The molecule has 0 spiro atoms. The molecule has 32 heavy (non-hydrogen) atoms. The summed E-state index contributed by atoms with van der Waals surface area (Å²) in [6.45, 7) is 8.46. The molecule has 0 aliphatic heterocycles. The second-order valence-electron chi connectivity index (χ2n) is 7.20. The predicted octanol–water partition coefficient (Wildman–Crippen LogP) is 5.60. The summed E-state index contributed by atoms with van der Waals surface area (Å²) in [5.41, 5.74) is 4.07. The minimum Gasteiger partial charge on any atom is -0.301 e. The molecule has 4 aromatic rings. The van der Waals surface area contributed by atoms with Gasteiger partial charge in [0.25, 0.3) is 0 Å². The van der Waals surface area contributed by atoms with E-state index in [2.05, 4.69) is 33.1 Å². The highest BCUT2D eigenvalue weighted by Crippen LogP contribution is 2.30. The Balaban J connectivity index is 1.45. The van der Waals surface area contributed by atoms with E-state index in [9.17, 15) is 4.79 Å². The van der Waals surface area contributed by atoms with Gasteiger partial charge in [0, 0.05) is 22.5 Å². The summed E-state index contributed by atoms with van der Waals surface area (Å²) in [6, 6.07) is 18.1. The van der Waals surface area contributed by atoms with Crippen LogP contribution in [0, 0.1) is 13.8 Å². The molecule has 2 heterocycles. The van der Waals surface area contributed by atoms with Crippen molar-refractivity contribution < 1.29 is 4.79 Å². The van der Waals surface area contributed by atoms with Gasteiger partial charge in [-0.3, -0.25) is 9.36 Å². The van der Waals surface area contributed by atoms with Gasteiger partial charge in [-0.05, 0) is 19.9 Å². The molecule has 0 aliphatic carbocycles. The van der Waals surface area contributed by atoms with Gasteiger partial charge in [0.1, 0.15) is 0 Å². The molecule has 0 atom stereocenters. The molecule has 1 amide bonds. The smallest absolute Gasteiger partial charge is 0.236 e. The summed E-state index contributed by atoms with van der Waals surface area (Å²) >= 11 is 2.82. The maximum absolute atomic E-state index is 12.6. The Bertz CT molecular complexity index is 1250. The first-order valence-electron chi connectivity index (χ1n) is 10.1. The number of allylic oxidation sites excluding steroid dienone is 1. The van der Waals surface area contributed by atoms with Crippen LogP contribution in [0.25, 0.3) is 22.6 Å². The summed E-state index contributed by atoms with van der Waals surface area (Å²) < 4.78 is 1.97. The number of thioether (sulfide) groups is 1. The zero-order valence-corrected chi connectivity index (χ0v) is 19.5.